The minimum absolute atomic E-state index is 0.422. The van der Waals surface area contributed by atoms with Gasteiger partial charge in [-0.3, -0.25) is 4.79 Å². The number of alkyl halides is 3. The summed E-state index contributed by atoms with van der Waals surface area (Å²) in [6, 6.07) is 7.43. The van der Waals surface area contributed by atoms with Crippen LogP contribution in [0, 0.1) is 0 Å². The van der Waals surface area contributed by atoms with Crippen LogP contribution in [-0.4, -0.2) is 43.2 Å². The Bertz CT molecular complexity index is 496. The van der Waals surface area contributed by atoms with Crippen LogP contribution in [0.2, 0.25) is 0 Å². The Morgan fingerprint density at radius 3 is 2.33 bits per heavy atom. The minimum Gasteiger partial charge on any atom is -0.397 e. The molecule has 1 amide bonds. The quantitative estimate of drug-likeness (QED) is 0.871. The molecule has 0 radical (unpaired) electrons. The van der Waals surface area contributed by atoms with Gasteiger partial charge in [0.1, 0.15) is 0 Å². The van der Waals surface area contributed by atoms with Crippen molar-refractivity contribution >= 4 is 17.3 Å². The number of nitrogens with two attached hydrogens (primary N) is 1. The molecule has 4 nitrogen and oxygen atoms in total. The number of amides is 1. The average Bonchev–Trinajstić information content (AvgIpc) is 2.45. The molecule has 1 aliphatic rings. The number of para-hydroxylation sites is 2. The number of nitrogens with zero attached hydrogens (tertiary/aromatic N) is 2. The Morgan fingerprint density at radius 1 is 1.14 bits per heavy atom. The van der Waals surface area contributed by atoms with E-state index in [1.54, 1.807) is 6.07 Å². The number of halogens is 3. The van der Waals surface area contributed by atoms with Gasteiger partial charge in [0.05, 0.1) is 17.8 Å². The third kappa shape index (κ3) is 4.27. The molecular weight excluding hydrogens is 283 g/mol. The van der Waals surface area contributed by atoms with Gasteiger partial charge in [-0.05, 0) is 12.1 Å². The van der Waals surface area contributed by atoms with Gasteiger partial charge in [0.15, 0.2) is 0 Å². The highest BCUT2D eigenvalue weighted by Crippen LogP contribution is 2.25. The second-order valence-electron chi connectivity index (χ2n) is 5.04. The molecule has 0 atom stereocenters. The van der Waals surface area contributed by atoms with Crippen molar-refractivity contribution in [2.24, 2.45) is 0 Å². The van der Waals surface area contributed by atoms with Crippen molar-refractivity contribution in [3.8, 4) is 0 Å². The van der Waals surface area contributed by atoms with Gasteiger partial charge in [0.25, 0.3) is 0 Å². The lowest BCUT2D eigenvalue weighted by atomic mass is 10.2. The Labute approximate surface area is 121 Å². The topological polar surface area (TPSA) is 49.6 Å². The van der Waals surface area contributed by atoms with Gasteiger partial charge in [0, 0.05) is 32.6 Å². The normalized spacial score (nSPS) is 16.1. The van der Waals surface area contributed by atoms with Crippen molar-refractivity contribution in [3.63, 3.8) is 0 Å². The summed E-state index contributed by atoms with van der Waals surface area (Å²) in [4.78, 5) is 15.3. The van der Waals surface area contributed by atoms with E-state index >= 15 is 0 Å². The molecule has 7 heteroatoms. The van der Waals surface area contributed by atoms with E-state index in [0.717, 1.165) is 5.69 Å². The summed E-state index contributed by atoms with van der Waals surface area (Å²) in [5.74, 6) is -0.437. The number of benzene rings is 1. The second kappa shape index (κ2) is 6.24. The molecule has 0 unspecified atom stereocenters. The first-order chi connectivity index (χ1) is 9.87. The predicted octanol–water partition coefficient (Wildman–Crippen LogP) is 2.26. The summed E-state index contributed by atoms with van der Waals surface area (Å²) in [6.07, 6.45) is -5.81. The molecule has 0 aliphatic carbocycles. The molecule has 116 valence electrons. The fraction of sp³-hybridized carbons (Fsp3) is 0.500. The molecule has 1 aromatic rings. The van der Waals surface area contributed by atoms with Crippen molar-refractivity contribution in [3.05, 3.63) is 24.3 Å². The number of carbonyl (C=O) groups is 1. The Morgan fingerprint density at radius 2 is 1.76 bits per heavy atom. The van der Waals surface area contributed by atoms with Crippen molar-refractivity contribution in [1.29, 1.82) is 0 Å². The molecule has 0 saturated carbocycles. The van der Waals surface area contributed by atoms with E-state index in [4.69, 9.17) is 5.73 Å². The van der Waals surface area contributed by atoms with E-state index in [9.17, 15) is 18.0 Å². The maximum absolute atomic E-state index is 12.1. The first-order valence-electron chi connectivity index (χ1n) is 6.81. The molecule has 1 saturated heterocycles. The molecule has 21 heavy (non-hydrogen) atoms. The summed E-state index contributed by atoms with van der Waals surface area (Å²) in [6.45, 7) is 1.99. The molecule has 0 bridgehead atoms. The Balaban J connectivity index is 1.86. The van der Waals surface area contributed by atoms with Crippen LogP contribution in [0.25, 0.3) is 0 Å². The Kier molecular flexibility index (Phi) is 4.59. The smallest absolute Gasteiger partial charge is 0.389 e. The maximum atomic E-state index is 12.1. The average molecular weight is 301 g/mol. The lowest BCUT2D eigenvalue weighted by molar-refractivity contribution is -0.149. The molecule has 1 aliphatic heterocycles. The van der Waals surface area contributed by atoms with Crippen molar-refractivity contribution in [2.45, 2.75) is 19.0 Å². The third-order valence-corrected chi connectivity index (χ3v) is 3.53. The maximum Gasteiger partial charge on any atom is 0.389 e. The van der Waals surface area contributed by atoms with E-state index in [1.165, 1.54) is 4.90 Å². The summed E-state index contributed by atoms with van der Waals surface area (Å²) in [5.41, 5.74) is 7.46. The zero-order valence-corrected chi connectivity index (χ0v) is 11.6. The zero-order chi connectivity index (χ0) is 15.5. The van der Waals surface area contributed by atoms with Crippen molar-refractivity contribution < 1.29 is 18.0 Å². The van der Waals surface area contributed by atoms with Gasteiger partial charge in [-0.1, -0.05) is 12.1 Å². The van der Waals surface area contributed by atoms with Crippen LogP contribution in [-0.2, 0) is 4.79 Å². The van der Waals surface area contributed by atoms with Crippen molar-refractivity contribution in [2.75, 3.05) is 36.8 Å². The number of hydrogen-bond donors (Lipinski definition) is 1. The molecule has 1 fully saturated rings. The highest BCUT2D eigenvalue weighted by atomic mass is 19.4. The highest BCUT2D eigenvalue weighted by molar-refractivity contribution is 5.77. The lowest BCUT2D eigenvalue weighted by Crippen LogP contribution is -2.49. The summed E-state index contributed by atoms with van der Waals surface area (Å²) in [5, 5.41) is 0. The molecule has 0 spiro atoms. The second-order valence-corrected chi connectivity index (χ2v) is 5.04. The molecule has 1 heterocycles. The SMILES string of the molecule is Nc1ccccc1N1CCN(C(=O)CCC(F)(F)F)CC1. The summed E-state index contributed by atoms with van der Waals surface area (Å²) >= 11 is 0. The minimum atomic E-state index is -4.28. The van der Waals surface area contributed by atoms with Crippen LogP contribution in [0.15, 0.2) is 24.3 Å². The first kappa shape index (κ1) is 15.5. The van der Waals surface area contributed by atoms with Gasteiger partial charge in [-0.2, -0.15) is 13.2 Å². The molecule has 0 aromatic heterocycles. The fourth-order valence-corrected chi connectivity index (χ4v) is 2.38. The van der Waals surface area contributed by atoms with Crippen LogP contribution in [0.3, 0.4) is 0 Å². The van der Waals surface area contributed by atoms with E-state index in [1.807, 2.05) is 23.1 Å². The molecule has 2 N–H and O–H groups in total. The molecule has 2 rings (SSSR count). The standard InChI is InChI=1S/C14H18F3N3O/c15-14(16,17)6-5-13(21)20-9-7-19(8-10-20)12-4-2-1-3-11(12)18/h1-4H,5-10,18H2. The summed E-state index contributed by atoms with van der Waals surface area (Å²) in [7, 11) is 0. The van der Waals surface area contributed by atoms with Gasteiger partial charge in [0.2, 0.25) is 5.91 Å². The van der Waals surface area contributed by atoms with Crippen molar-refractivity contribution in [1.82, 2.24) is 4.90 Å². The number of anilines is 2. The zero-order valence-electron chi connectivity index (χ0n) is 11.6. The number of nitrogen functional groups attached to an aromatic ring is 1. The van der Waals surface area contributed by atoms with E-state index in [-0.39, 0.29) is 0 Å². The van der Waals surface area contributed by atoms with Crippen LogP contribution >= 0.6 is 0 Å². The van der Waals surface area contributed by atoms with Gasteiger partial charge in [-0.15, -0.1) is 0 Å². The number of hydrogen-bond acceptors (Lipinski definition) is 3. The first-order valence-corrected chi connectivity index (χ1v) is 6.81. The fourth-order valence-electron chi connectivity index (χ4n) is 2.38. The predicted molar refractivity (Wildman–Crippen MR) is 74.9 cm³/mol. The summed E-state index contributed by atoms with van der Waals surface area (Å²) < 4.78 is 36.4. The number of carbonyl (C=O) groups excluding carboxylic acids is 1. The highest BCUT2D eigenvalue weighted by Gasteiger charge is 2.30. The molecular formula is C14H18F3N3O. The van der Waals surface area contributed by atoms with Gasteiger partial charge >= 0.3 is 6.18 Å². The molecule has 1 aromatic carbocycles. The van der Waals surface area contributed by atoms with Crippen LogP contribution in [0.1, 0.15) is 12.8 Å². The van der Waals surface area contributed by atoms with Crippen LogP contribution in [0.5, 0.6) is 0 Å². The monoisotopic (exact) mass is 301 g/mol. The van der Waals surface area contributed by atoms with E-state index < -0.39 is 24.9 Å². The van der Waals surface area contributed by atoms with Gasteiger partial charge in [-0.25, -0.2) is 0 Å². The largest absolute Gasteiger partial charge is 0.397 e. The van der Waals surface area contributed by atoms with Crippen LogP contribution in [0.4, 0.5) is 24.5 Å². The van der Waals surface area contributed by atoms with E-state index in [0.29, 0.717) is 31.9 Å². The number of piperazine rings is 1. The van der Waals surface area contributed by atoms with Gasteiger partial charge < -0.3 is 15.5 Å². The van der Waals surface area contributed by atoms with E-state index in [2.05, 4.69) is 0 Å². The number of rotatable bonds is 3. The Hall–Kier alpha value is -1.92. The lowest BCUT2D eigenvalue weighted by Gasteiger charge is -2.36. The third-order valence-electron chi connectivity index (χ3n) is 3.53. The van der Waals surface area contributed by atoms with Crippen LogP contribution < -0.4 is 10.6 Å².